The van der Waals surface area contributed by atoms with Crippen LogP contribution in [0.5, 0.6) is 23.5 Å². The smallest absolute Gasteiger partial charge is 0.333 e. The van der Waals surface area contributed by atoms with Crippen molar-refractivity contribution in [1.29, 1.82) is 0 Å². The highest BCUT2D eigenvalue weighted by Crippen LogP contribution is 2.49. The largest absolute Gasteiger partial charge is 0.492 e. The van der Waals surface area contributed by atoms with Gasteiger partial charge in [0, 0.05) is 84.6 Å². The summed E-state index contributed by atoms with van der Waals surface area (Å²) in [6, 6.07) is 13.7. The fraction of sp³-hybridized carbons (Fsp3) is 0.356. The molecule has 0 radical (unpaired) electrons. The number of hydrogen-bond donors (Lipinski definition) is 6. The molecular formula is C45H53N4O14S2+. The van der Waals surface area contributed by atoms with Crippen molar-refractivity contribution in [3.63, 3.8) is 0 Å². The number of nitrogens with zero attached hydrogens (tertiary/aromatic N) is 4. The van der Waals surface area contributed by atoms with Crippen LogP contribution in [0.25, 0.3) is 0 Å². The normalized spacial score (nSPS) is 16.2. The van der Waals surface area contributed by atoms with Gasteiger partial charge in [0.05, 0.1) is 15.2 Å². The van der Waals surface area contributed by atoms with Gasteiger partial charge in [-0.2, -0.15) is 21.4 Å². The molecular weight excluding hydrogens is 885 g/mol. The molecule has 6 rings (SSSR count). The SMILES string of the molecule is CC1(C)C(/C=C/C=C/C=C2\N(CCCCCC(=O)On3c(O)ccc3O)c3ccc(S(=O)(=O)O)cc3C2(C)C)=[N+](CCCCCC(=O)On2c(O)ccc2O)c2ccc(S(=O)(=O)O)cc21. The Kier molecular flexibility index (Phi) is 14.1. The van der Waals surface area contributed by atoms with Crippen molar-refractivity contribution in [1.82, 2.24) is 9.46 Å². The maximum atomic E-state index is 12.4. The van der Waals surface area contributed by atoms with Crippen molar-refractivity contribution in [2.24, 2.45) is 0 Å². The standard InChI is InChI=1S/C45H52N4O14S2/c1-44(2)32-28-30(64(56,57)58)18-20-34(32)46(26-12-6-10-16-42(54)62-48-38(50)22-23-39(48)51)36(44)14-8-5-9-15-37-45(3,4)33-29-31(65(59,60)61)19-21-35(33)47(37)27-13-7-11-17-43(55)63-49-40(52)24-25-41(49)53/h5,8-9,14-15,18-25,28-29H,6-7,10-13,16-17,26-27H2,1-4H3,(H5-,50,51,52,53,56,57,58,59,60,61)/p+1. The molecule has 18 nitrogen and oxygen atoms in total. The lowest BCUT2D eigenvalue weighted by molar-refractivity contribution is -0.438. The number of aromatic nitrogens is 2. The monoisotopic (exact) mass is 937 g/mol. The summed E-state index contributed by atoms with van der Waals surface area (Å²) in [4.78, 5) is 36.4. The first-order valence-corrected chi connectivity index (χ1v) is 23.7. The Morgan fingerprint density at radius 1 is 0.631 bits per heavy atom. The van der Waals surface area contributed by atoms with E-state index in [4.69, 9.17) is 9.68 Å². The number of carbonyl (C=O) groups is 2. The lowest BCUT2D eigenvalue weighted by Gasteiger charge is -2.27. The van der Waals surface area contributed by atoms with E-state index in [1.165, 1.54) is 48.5 Å². The van der Waals surface area contributed by atoms with Crippen LogP contribution < -0.4 is 14.6 Å². The summed E-state index contributed by atoms with van der Waals surface area (Å²) in [7, 11) is -8.98. The summed E-state index contributed by atoms with van der Waals surface area (Å²) in [6.45, 7) is 8.79. The van der Waals surface area contributed by atoms with Gasteiger partial charge in [0.1, 0.15) is 6.54 Å². The van der Waals surface area contributed by atoms with E-state index < -0.39 is 66.5 Å². The average molecular weight is 938 g/mol. The molecule has 0 saturated heterocycles. The molecule has 348 valence electrons. The Hall–Kier alpha value is -6.35. The van der Waals surface area contributed by atoms with E-state index in [0.29, 0.717) is 72.2 Å². The minimum atomic E-state index is -4.49. The van der Waals surface area contributed by atoms with Crippen LogP contribution in [0.2, 0.25) is 0 Å². The number of carbonyl (C=O) groups excluding carboxylic acids is 2. The second-order valence-corrected chi connectivity index (χ2v) is 19.6. The number of fused-ring (bicyclic) bond motifs is 2. The third-order valence-corrected chi connectivity index (χ3v) is 13.3. The molecule has 0 amide bonds. The van der Waals surface area contributed by atoms with Gasteiger partial charge >= 0.3 is 11.9 Å². The predicted octanol–water partition coefficient (Wildman–Crippen LogP) is 6.21. The first-order chi connectivity index (χ1) is 30.5. The molecule has 0 spiro atoms. The van der Waals surface area contributed by atoms with Gasteiger partial charge in [-0.15, -0.1) is 9.46 Å². The quantitative estimate of drug-likeness (QED) is 0.0265. The molecule has 0 fully saturated rings. The first kappa shape index (κ1) is 48.1. The van der Waals surface area contributed by atoms with Crippen LogP contribution in [0.15, 0.2) is 107 Å². The van der Waals surface area contributed by atoms with Crippen LogP contribution in [-0.4, -0.2) is 91.1 Å². The number of anilines is 1. The average Bonchev–Trinajstić information content (AvgIpc) is 3.86. The van der Waals surface area contributed by atoms with Crippen LogP contribution in [0.3, 0.4) is 0 Å². The fourth-order valence-electron chi connectivity index (χ4n) is 8.19. The number of aromatic hydroxyl groups is 4. The zero-order chi connectivity index (χ0) is 47.5. The number of benzene rings is 2. The van der Waals surface area contributed by atoms with E-state index in [2.05, 4.69) is 9.48 Å². The van der Waals surface area contributed by atoms with Gasteiger partial charge in [-0.3, -0.25) is 9.11 Å². The molecule has 0 aliphatic carbocycles. The van der Waals surface area contributed by atoms with Gasteiger partial charge < -0.3 is 35.0 Å². The van der Waals surface area contributed by atoms with Crippen LogP contribution in [0, 0.1) is 0 Å². The lowest BCUT2D eigenvalue weighted by atomic mass is 9.81. The second kappa shape index (κ2) is 19.0. The molecule has 0 saturated carbocycles. The van der Waals surface area contributed by atoms with Crippen molar-refractivity contribution in [3.8, 4) is 23.5 Å². The van der Waals surface area contributed by atoms with E-state index in [-0.39, 0.29) is 22.6 Å². The van der Waals surface area contributed by atoms with Crippen LogP contribution in [0.4, 0.5) is 11.4 Å². The van der Waals surface area contributed by atoms with Gasteiger partial charge in [0.2, 0.25) is 29.2 Å². The lowest BCUT2D eigenvalue weighted by Crippen LogP contribution is -2.28. The van der Waals surface area contributed by atoms with Gasteiger partial charge in [0.15, 0.2) is 5.71 Å². The Labute approximate surface area is 376 Å². The Bertz CT molecular complexity index is 2790. The minimum absolute atomic E-state index is 0.0277. The summed E-state index contributed by atoms with van der Waals surface area (Å²) in [5.74, 6) is -2.94. The molecule has 0 bridgehead atoms. The molecule has 2 aliphatic rings. The zero-order valence-corrected chi connectivity index (χ0v) is 37.9. The Morgan fingerprint density at radius 3 is 1.68 bits per heavy atom. The van der Waals surface area contributed by atoms with Gasteiger partial charge in [-0.1, -0.05) is 38.5 Å². The minimum Gasteiger partial charge on any atom is -0.492 e. The molecule has 0 atom stereocenters. The number of unbranched alkanes of at least 4 members (excludes halogenated alkanes) is 4. The molecule has 2 aliphatic heterocycles. The van der Waals surface area contributed by atoms with E-state index in [1.807, 2.05) is 58.1 Å². The summed E-state index contributed by atoms with van der Waals surface area (Å²) < 4.78 is 71.6. The highest BCUT2D eigenvalue weighted by atomic mass is 32.2. The Balaban J connectivity index is 1.19. The molecule has 4 heterocycles. The van der Waals surface area contributed by atoms with Gasteiger partial charge in [-0.05, 0) is 81.5 Å². The third kappa shape index (κ3) is 10.6. The van der Waals surface area contributed by atoms with E-state index in [1.54, 1.807) is 12.1 Å². The zero-order valence-electron chi connectivity index (χ0n) is 36.3. The van der Waals surface area contributed by atoms with E-state index in [0.717, 1.165) is 22.8 Å². The molecule has 2 aromatic carbocycles. The van der Waals surface area contributed by atoms with Crippen molar-refractivity contribution < 1.29 is 70.2 Å². The summed E-state index contributed by atoms with van der Waals surface area (Å²) in [5.41, 5.74) is 3.17. The van der Waals surface area contributed by atoms with Crippen LogP contribution in [0.1, 0.15) is 90.2 Å². The number of allylic oxidation sites excluding steroid dienone is 6. The van der Waals surface area contributed by atoms with Crippen molar-refractivity contribution >= 4 is 49.3 Å². The highest BCUT2D eigenvalue weighted by Gasteiger charge is 2.45. The predicted molar refractivity (Wildman–Crippen MR) is 238 cm³/mol. The maximum Gasteiger partial charge on any atom is 0.333 e. The molecule has 6 N–H and O–H groups in total. The topological polar surface area (TPSA) is 258 Å². The van der Waals surface area contributed by atoms with Gasteiger partial charge in [0.25, 0.3) is 20.2 Å². The first-order valence-electron chi connectivity index (χ1n) is 20.9. The molecule has 20 heteroatoms. The van der Waals surface area contributed by atoms with E-state index >= 15 is 0 Å². The molecule has 65 heavy (non-hydrogen) atoms. The van der Waals surface area contributed by atoms with Crippen molar-refractivity contribution in [2.75, 3.05) is 18.0 Å². The van der Waals surface area contributed by atoms with Crippen LogP contribution in [-0.2, 0) is 40.7 Å². The fourth-order valence-corrected chi connectivity index (χ4v) is 9.20. The second-order valence-electron chi connectivity index (χ2n) is 16.8. The number of hydrogen-bond acceptors (Lipinski definition) is 13. The maximum absolute atomic E-state index is 12.4. The summed E-state index contributed by atoms with van der Waals surface area (Å²) in [6.07, 6.45) is 12.8. The van der Waals surface area contributed by atoms with Crippen LogP contribution >= 0.6 is 0 Å². The summed E-state index contributed by atoms with van der Waals surface area (Å²) in [5, 5.41) is 39.0. The third-order valence-electron chi connectivity index (χ3n) is 11.6. The van der Waals surface area contributed by atoms with Crippen molar-refractivity contribution in [3.05, 3.63) is 108 Å². The summed E-state index contributed by atoms with van der Waals surface area (Å²) >= 11 is 0. The molecule has 0 unspecified atom stereocenters. The number of rotatable bonds is 19. The Morgan fingerprint density at radius 2 is 1.14 bits per heavy atom. The highest BCUT2D eigenvalue weighted by molar-refractivity contribution is 7.86. The van der Waals surface area contributed by atoms with Crippen molar-refractivity contribution in [2.45, 2.75) is 99.7 Å². The molecule has 4 aromatic rings. The van der Waals surface area contributed by atoms with E-state index in [9.17, 15) is 56.0 Å². The molecule has 2 aromatic heterocycles. The van der Waals surface area contributed by atoms with Gasteiger partial charge in [-0.25, -0.2) is 9.59 Å².